The van der Waals surface area contributed by atoms with Crippen molar-refractivity contribution in [2.75, 3.05) is 25.1 Å². The number of hydrogen-bond acceptors (Lipinski definition) is 4. The van der Waals surface area contributed by atoms with Crippen LogP contribution < -0.4 is 5.32 Å². The standard InChI is InChI=1S/C5H11NO2S2/c1-9-10-3-2-6-4-5(7)8/h6H,2-4H2,1H3,(H,7,8). The highest BCUT2D eigenvalue weighted by molar-refractivity contribution is 8.76. The minimum Gasteiger partial charge on any atom is -0.480 e. The van der Waals surface area contributed by atoms with Crippen molar-refractivity contribution in [2.24, 2.45) is 0 Å². The summed E-state index contributed by atoms with van der Waals surface area (Å²) in [4.78, 5) is 9.96. The first-order chi connectivity index (χ1) is 4.77. The van der Waals surface area contributed by atoms with Gasteiger partial charge in [0.2, 0.25) is 0 Å². The van der Waals surface area contributed by atoms with Gasteiger partial charge in [-0.1, -0.05) is 21.6 Å². The third kappa shape index (κ3) is 8.13. The van der Waals surface area contributed by atoms with Gasteiger partial charge in [0.1, 0.15) is 0 Å². The minimum absolute atomic E-state index is 0.0644. The summed E-state index contributed by atoms with van der Waals surface area (Å²) in [5.74, 6) is 0.156. The second-order valence-electron chi connectivity index (χ2n) is 1.56. The molecule has 0 aliphatic heterocycles. The fourth-order valence-electron chi connectivity index (χ4n) is 0.392. The maximum absolute atomic E-state index is 9.96. The highest BCUT2D eigenvalue weighted by atomic mass is 33.1. The number of nitrogens with one attached hydrogen (secondary N) is 1. The van der Waals surface area contributed by atoms with Crippen LogP contribution in [-0.4, -0.2) is 36.2 Å². The average molecular weight is 181 g/mol. The minimum atomic E-state index is -0.797. The van der Waals surface area contributed by atoms with E-state index in [0.717, 1.165) is 12.3 Å². The molecule has 0 aliphatic carbocycles. The van der Waals surface area contributed by atoms with Crippen LogP contribution in [0.4, 0.5) is 0 Å². The van der Waals surface area contributed by atoms with Gasteiger partial charge in [-0.15, -0.1) is 0 Å². The first-order valence-electron chi connectivity index (χ1n) is 2.85. The maximum atomic E-state index is 9.96. The number of carbonyl (C=O) groups is 1. The van der Waals surface area contributed by atoms with E-state index in [0.29, 0.717) is 0 Å². The predicted molar refractivity (Wildman–Crippen MR) is 46.5 cm³/mol. The van der Waals surface area contributed by atoms with Gasteiger partial charge in [-0.05, 0) is 6.26 Å². The van der Waals surface area contributed by atoms with Gasteiger partial charge in [0.05, 0.1) is 6.54 Å². The van der Waals surface area contributed by atoms with Crippen LogP contribution in [0.5, 0.6) is 0 Å². The van der Waals surface area contributed by atoms with Crippen LogP contribution in [0.2, 0.25) is 0 Å². The lowest BCUT2D eigenvalue weighted by molar-refractivity contribution is -0.135. The molecule has 0 bridgehead atoms. The number of carboxylic acid groups (broad SMARTS) is 1. The Morgan fingerprint density at radius 3 is 2.90 bits per heavy atom. The fourth-order valence-corrected chi connectivity index (χ4v) is 1.54. The van der Waals surface area contributed by atoms with Crippen molar-refractivity contribution in [3.8, 4) is 0 Å². The van der Waals surface area contributed by atoms with Gasteiger partial charge >= 0.3 is 5.97 Å². The molecule has 2 N–H and O–H groups in total. The largest absolute Gasteiger partial charge is 0.480 e. The van der Waals surface area contributed by atoms with Crippen LogP contribution in [0.1, 0.15) is 0 Å². The van der Waals surface area contributed by atoms with Crippen molar-refractivity contribution in [2.45, 2.75) is 0 Å². The second kappa shape index (κ2) is 7.24. The highest BCUT2D eigenvalue weighted by Crippen LogP contribution is 2.14. The zero-order chi connectivity index (χ0) is 7.82. The van der Waals surface area contributed by atoms with Crippen molar-refractivity contribution in [1.82, 2.24) is 5.32 Å². The molecule has 0 fully saturated rings. The molecule has 0 saturated heterocycles. The molecular weight excluding hydrogens is 170 g/mol. The van der Waals surface area contributed by atoms with Crippen LogP contribution in [0.25, 0.3) is 0 Å². The van der Waals surface area contributed by atoms with Crippen molar-refractivity contribution in [1.29, 1.82) is 0 Å². The molecule has 0 spiro atoms. The van der Waals surface area contributed by atoms with Gasteiger partial charge in [0.25, 0.3) is 0 Å². The van der Waals surface area contributed by atoms with Crippen molar-refractivity contribution >= 4 is 27.6 Å². The normalized spacial score (nSPS) is 9.70. The second-order valence-corrected chi connectivity index (χ2v) is 4.24. The van der Waals surface area contributed by atoms with E-state index in [9.17, 15) is 4.79 Å². The molecule has 5 heteroatoms. The molecule has 60 valence electrons. The molecule has 0 unspecified atom stereocenters. The molecule has 0 aromatic carbocycles. The average Bonchev–Trinajstić information content (AvgIpc) is 1.87. The van der Waals surface area contributed by atoms with E-state index >= 15 is 0 Å². The molecule has 0 aromatic heterocycles. The number of aliphatic carboxylic acids is 1. The molecule has 0 atom stereocenters. The Hall–Kier alpha value is 0.130. The topological polar surface area (TPSA) is 49.3 Å². The SMILES string of the molecule is CSSCCNCC(=O)O. The van der Waals surface area contributed by atoms with Crippen molar-refractivity contribution in [3.63, 3.8) is 0 Å². The number of carboxylic acids is 1. The molecular formula is C5H11NO2S2. The summed E-state index contributed by atoms with van der Waals surface area (Å²) in [6, 6.07) is 0. The fraction of sp³-hybridized carbons (Fsp3) is 0.800. The zero-order valence-corrected chi connectivity index (χ0v) is 7.43. The van der Waals surface area contributed by atoms with Crippen LogP contribution >= 0.6 is 21.6 Å². The Labute approximate surface area is 68.4 Å². The number of hydrogen-bond donors (Lipinski definition) is 2. The van der Waals surface area contributed by atoms with Crippen molar-refractivity contribution in [3.05, 3.63) is 0 Å². The molecule has 0 saturated carbocycles. The Balaban J connectivity index is 2.84. The summed E-state index contributed by atoms with van der Waals surface area (Å²) in [5, 5.41) is 11.0. The van der Waals surface area contributed by atoms with E-state index in [1.807, 2.05) is 6.26 Å². The van der Waals surface area contributed by atoms with Gasteiger partial charge in [-0.25, -0.2) is 0 Å². The monoisotopic (exact) mass is 181 g/mol. The molecule has 0 radical (unpaired) electrons. The Morgan fingerprint density at radius 1 is 1.70 bits per heavy atom. The Bertz CT molecular complexity index is 99.6. The van der Waals surface area contributed by atoms with Gasteiger partial charge in [0, 0.05) is 12.3 Å². The van der Waals surface area contributed by atoms with Crippen LogP contribution in [-0.2, 0) is 4.79 Å². The lowest BCUT2D eigenvalue weighted by Crippen LogP contribution is -2.24. The van der Waals surface area contributed by atoms with Crippen LogP contribution in [0.15, 0.2) is 0 Å². The first-order valence-corrected chi connectivity index (χ1v) is 5.58. The summed E-state index contributed by atoms with van der Waals surface area (Å²) < 4.78 is 0. The smallest absolute Gasteiger partial charge is 0.317 e. The summed E-state index contributed by atoms with van der Waals surface area (Å²) in [5.41, 5.74) is 0. The summed E-state index contributed by atoms with van der Waals surface area (Å²) in [7, 11) is 3.41. The van der Waals surface area contributed by atoms with E-state index in [1.165, 1.54) is 0 Å². The van der Waals surface area contributed by atoms with Crippen molar-refractivity contribution < 1.29 is 9.90 Å². The quantitative estimate of drug-likeness (QED) is 0.466. The molecule has 3 nitrogen and oxygen atoms in total. The molecule has 0 aromatic rings. The van der Waals surface area contributed by atoms with Gasteiger partial charge in [0.15, 0.2) is 0 Å². The van der Waals surface area contributed by atoms with Crippen LogP contribution in [0.3, 0.4) is 0 Å². The Kier molecular flexibility index (Phi) is 7.33. The lowest BCUT2D eigenvalue weighted by Gasteiger charge is -1.98. The predicted octanol–water partition coefficient (Wildman–Crippen LogP) is 0.672. The molecule has 10 heavy (non-hydrogen) atoms. The lowest BCUT2D eigenvalue weighted by atomic mass is 10.6. The van der Waals surface area contributed by atoms with E-state index in [-0.39, 0.29) is 6.54 Å². The number of rotatable bonds is 6. The Morgan fingerprint density at radius 2 is 2.40 bits per heavy atom. The van der Waals surface area contributed by atoms with E-state index in [1.54, 1.807) is 21.6 Å². The van der Waals surface area contributed by atoms with Gasteiger partial charge < -0.3 is 10.4 Å². The van der Waals surface area contributed by atoms with Gasteiger partial charge in [-0.3, -0.25) is 4.79 Å². The summed E-state index contributed by atoms with van der Waals surface area (Å²) in [6.07, 6.45) is 2.00. The maximum Gasteiger partial charge on any atom is 0.317 e. The van der Waals surface area contributed by atoms with Crippen LogP contribution in [0, 0.1) is 0 Å². The molecule has 0 heterocycles. The highest BCUT2D eigenvalue weighted by Gasteiger charge is 1.93. The molecule has 0 aliphatic rings. The van der Waals surface area contributed by atoms with E-state index in [2.05, 4.69) is 5.32 Å². The summed E-state index contributed by atoms with van der Waals surface area (Å²) in [6.45, 7) is 0.826. The van der Waals surface area contributed by atoms with E-state index in [4.69, 9.17) is 5.11 Å². The zero-order valence-electron chi connectivity index (χ0n) is 5.79. The first kappa shape index (κ1) is 10.1. The molecule has 0 rings (SSSR count). The molecule has 0 amide bonds. The van der Waals surface area contributed by atoms with E-state index < -0.39 is 5.97 Å². The third-order valence-electron chi connectivity index (χ3n) is 0.756. The third-order valence-corrected chi connectivity index (χ3v) is 2.57. The summed E-state index contributed by atoms with van der Waals surface area (Å²) >= 11 is 0. The van der Waals surface area contributed by atoms with Gasteiger partial charge in [-0.2, -0.15) is 0 Å².